The van der Waals surface area contributed by atoms with Crippen LogP contribution in [0.15, 0.2) is 30.3 Å². The first-order chi connectivity index (χ1) is 7.66. The lowest BCUT2D eigenvalue weighted by Crippen LogP contribution is -2.23. The molecule has 3 nitrogen and oxygen atoms in total. The Morgan fingerprint density at radius 3 is 2.62 bits per heavy atom. The van der Waals surface area contributed by atoms with Crippen LogP contribution in [-0.4, -0.2) is 26.5 Å². The van der Waals surface area contributed by atoms with Crippen molar-refractivity contribution in [3.05, 3.63) is 35.9 Å². The predicted molar refractivity (Wildman–Crippen MR) is 64.9 cm³/mol. The van der Waals surface area contributed by atoms with Crippen LogP contribution in [-0.2, 0) is 16.4 Å². The fraction of sp³-hybridized carbons (Fsp3) is 0.500. The lowest BCUT2D eigenvalue weighted by molar-refractivity contribution is 0.521. The van der Waals surface area contributed by atoms with Crippen LogP contribution in [0.5, 0.6) is 0 Å². The molecule has 2 rings (SSSR count). The first kappa shape index (κ1) is 11.6. The summed E-state index contributed by atoms with van der Waals surface area (Å²) < 4.78 is 22.5. The van der Waals surface area contributed by atoms with Crippen molar-refractivity contribution in [2.24, 2.45) is 5.92 Å². The molecule has 88 valence electrons. The molecule has 0 radical (unpaired) electrons. The fourth-order valence-corrected chi connectivity index (χ4v) is 3.91. The average molecular weight is 239 g/mol. The summed E-state index contributed by atoms with van der Waals surface area (Å²) >= 11 is 0. The second-order valence-electron chi connectivity index (χ2n) is 4.39. The lowest BCUT2D eigenvalue weighted by atomic mass is 10.1. The molecular weight excluding hydrogens is 222 g/mol. The Balaban J connectivity index is 1.74. The van der Waals surface area contributed by atoms with Gasteiger partial charge in [-0.25, -0.2) is 8.42 Å². The van der Waals surface area contributed by atoms with Crippen LogP contribution >= 0.6 is 0 Å². The van der Waals surface area contributed by atoms with Gasteiger partial charge in [0.05, 0.1) is 11.5 Å². The minimum absolute atomic E-state index is 0.300. The van der Waals surface area contributed by atoms with Gasteiger partial charge in [0, 0.05) is 6.54 Å². The molecule has 1 heterocycles. The van der Waals surface area contributed by atoms with Crippen molar-refractivity contribution in [3.8, 4) is 0 Å². The number of nitrogens with one attached hydrogen (secondary N) is 1. The number of rotatable bonds is 4. The molecule has 1 aliphatic heterocycles. The summed E-state index contributed by atoms with van der Waals surface area (Å²) in [7, 11) is -2.73. The van der Waals surface area contributed by atoms with Gasteiger partial charge in [-0.15, -0.1) is 0 Å². The monoisotopic (exact) mass is 239 g/mol. The third-order valence-corrected chi connectivity index (χ3v) is 4.77. The van der Waals surface area contributed by atoms with Crippen molar-refractivity contribution in [1.29, 1.82) is 0 Å². The molecule has 1 N–H and O–H groups in total. The summed E-state index contributed by atoms with van der Waals surface area (Å²) in [5.41, 5.74) is 1.24. The average Bonchev–Trinajstić information content (AvgIpc) is 2.60. The smallest absolute Gasteiger partial charge is 0.150 e. The molecule has 1 fully saturated rings. The van der Waals surface area contributed by atoms with Gasteiger partial charge < -0.3 is 5.32 Å². The Morgan fingerprint density at radius 1 is 1.25 bits per heavy atom. The Labute approximate surface area is 96.8 Å². The van der Waals surface area contributed by atoms with Crippen LogP contribution in [0.25, 0.3) is 0 Å². The van der Waals surface area contributed by atoms with E-state index in [9.17, 15) is 8.42 Å². The van der Waals surface area contributed by atoms with E-state index < -0.39 is 9.84 Å². The molecule has 0 amide bonds. The maximum atomic E-state index is 11.2. The maximum Gasteiger partial charge on any atom is 0.150 e. The molecular formula is C12H17NO2S. The zero-order chi connectivity index (χ0) is 11.4. The molecule has 1 aromatic rings. The standard InChI is InChI=1S/C12H17NO2S/c14-16(15)7-6-12(10-16)9-13-8-11-4-2-1-3-5-11/h1-5,12-13H,6-10H2/t12-/m1/s1. The van der Waals surface area contributed by atoms with Gasteiger partial charge in [-0.05, 0) is 24.4 Å². The van der Waals surface area contributed by atoms with Gasteiger partial charge in [0.2, 0.25) is 0 Å². The molecule has 0 aromatic heterocycles. The maximum absolute atomic E-state index is 11.2. The lowest BCUT2D eigenvalue weighted by Gasteiger charge is -2.09. The quantitative estimate of drug-likeness (QED) is 0.859. The van der Waals surface area contributed by atoms with Crippen molar-refractivity contribution in [2.45, 2.75) is 13.0 Å². The highest BCUT2D eigenvalue weighted by Crippen LogP contribution is 2.17. The first-order valence-electron chi connectivity index (χ1n) is 5.61. The molecule has 1 aromatic carbocycles. The highest BCUT2D eigenvalue weighted by molar-refractivity contribution is 7.91. The van der Waals surface area contributed by atoms with E-state index in [2.05, 4.69) is 17.4 Å². The molecule has 0 bridgehead atoms. The second kappa shape index (κ2) is 4.97. The zero-order valence-corrected chi connectivity index (χ0v) is 10.0. The SMILES string of the molecule is O=S1(=O)CC[C@H](CNCc2ccccc2)C1. The zero-order valence-electron chi connectivity index (χ0n) is 9.22. The van der Waals surface area contributed by atoms with Crippen molar-refractivity contribution >= 4 is 9.84 Å². The van der Waals surface area contributed by atoms with E-state index >= 15 is 0 Å². The summed E-state index contributed by atoms with van der Waals surface area (Å²) in [5.74, 6) is 1.02. The van der Waals surface area contributed by atoms with Crippen molar-refractivity contribution in [3.63, 3.8) is 0 Å². The number of sulfone groups is 1. The predicted octanol–water partition coefficient (Wildman–Crippen LogP) is 1.21. The molecule has 16 heavy (non-hydrogen) atoms. The second-order valence-corrected chi connectivity index (χ2v) is 6.61. The normalized spacial score (nSPS) is 23.4. The molecule has 0 saturated carbocycles. The molecule has 0 aliphatic carbocycles. The van der Waals surface area contributed by atoms with Gasteiger partial charge in [0.1, 0.15) is 0 Å². The van der Waals surface area contributed by atoms with E-state index in [0.29, 0.717) is 17.4 Å². The summed E-state index contributed by atoms with van der Waals surface area (Å²) in [6, 6.07) is 10.2. The number of hydrogen-bond acceptors (Lipinski definition) is 3. The summed E-state index contributed by atoms with van der Waals surface area (Å²) in [5, 5.41) is 3.32. The Hall–Kier alpha value is -0.870. The van der Waals surface area contributed by atoms with Gasteiger partial charge in [-0.3, -0.25) is 0 Å². The Bertz CT molecular complexity index is 428. The highest BCUT2D eigenvalue weighted by atomic mass is 32.2. The molecule has 1 aliphatic rings. The molecule has 1 saturated heterocycles. The number of hydrogen-bond donors (Lipinski definition) is 1. The summed E-state index contributed by atoms with van der Waals surface area (Å²) in [4.78, 5) is 0. The number of benzene rings is 1. The Kier molecular flexibility index (Phi) is 3.61. The van der Waals surface area contributed by atoms with Gasteiger partial charge in [0.25, 0.3) is 0 Å². The van der Waals surface area contributed by atoms with E-state index in [0.717, 1.165) is 19.5 Å². The van der Waals surface area contributed by atoms with Crippen molar-refractivity contribution < 1.29 is 8.42 Å². The third kappa shape index (κ3) is 3.32. The van der Waals surface area contributed by atoms with Gasteiger partial charge in [-0.2, -0.15) is 0 Å². The third-order valence-electron chi connectivity index (χ3n) is 2.93. The summed E-state index contributed by atoms with van der Waals surface area (Å²) in [6.45, 7) is 1.62. The first-order valence-corrected chi connectivity index (χ1v) is 7.43. The van der Waals surface area contributed by atoms with E-state index in [1.807, 2.05) is 18.2 Å². The van der Waals surface area contributed by atoms with E-state index in [-0.39, 0.29) is 0 Å². The van der Waals surface area contributed by atoms with E-state index in [4.69, 9.17) is 0 Å². The molecule has 0 spiro atoms. The van der Waals surface area contributed by atoms with Crippen LogP contribution in [0.1, 0.15) is 12.0 Å². The van der Waals surface area contributed by atoms with E-state index in [1.54, 1.807) is 0 Å². The highest BCUT2D eigenvalue weighted by Gasteiger charge is 2.27. The molecule has 4 heteroatoms. The van der Waals surface area contributed by atoms with Gasteiger partial charge >= 0.3 is 0 Å². The van der Waals surface area contributed by atoms with Crippen molar-refractivity contribution in [1.82, 2.24) is 5.32 Å². The van der Waals surface area contributed by atoms with Crippen LogP contribution in [0.3, 0.4) is 0 Å². The van der Waals surface area contributed by atoms with E-state index in [1.165, 1.54) is 5.56 Å². The largest absolute Gasteiger partial charge is 0.312 e. The van der Waals surface area contributed by atoms with Gasteiger partial charge in [0.15, 0.2) is 9.84 Å². The topological polar surface area (TPSA) is 46.2 Å². The van der Waals surface area contributed by atoms with Crippen LogP contribution in [0, 0.1) is 5.92 Å². The minimum atomic E-state index is -2.73. The summed E-state index contributed by atoms with van der Waals surface area (Å²) in [6.07, 6.45) is 0.810. The minimum Gasteiger partial charge on any atom is -0.312 e. The fourth-order valence-electron chi connectivity index (χ4n) is 2.05. The van der Waals surface area contributed by atoms with Crippen LogP contribution in [0.4, 0.5) is 0 Å². The van der Waals surface area contributed by atoms with Crippen molar-refractivity contribution in [2.75, 3.05) is 18.1 Å². The van der Waals surface area contributed by atoms with Crippen LogP contribution in [0.2, 0.25) is 0 Å². The molecule has 0 unspecified atom stereocenters. The van der Waals surface area contributed by atoms with Crippen LogP contribution < -0.4 is 5.32 Å². The Morgan fingerprint density at radius 2 is 2.00 bits per heavy atom. The van der Waals surface area contributed by atoms with Gasteiger partial charge in [-0.1, -0.05) is 30.3 Å². The molecule has 1 atom stereocenters.